The number of nitrogens with zero attached hydrogens (tertiary/aromatic N) is 1. The number of hydrogen-bond donors (Lipinski definition) is 2. The van der Waals surface area contributed by atoms with E-state index in [0.29, 0.717) is 35.7 Å². The number of amides is 2. The van der Waals surface area contributed by atoms with E-state index in [1.165, 1.54) is 6.42 Å². The minimum absolute atomic E-state index is 0.0680. The van der Waals surface area contributed by atoms with Gasteiger partial charge in [0, 0.05) is 17.8 Å². The summed E-state index contributed by atoms with van der Waals surface area (Å²) < 4.78 is 6.20. The van der Waals surface area contributed by atoms with Crippen LogP contribution in [0.15, 0.2) is 18.2 Å². The highest BCUT2D eigenvalue weighted by Gasteiger charge is 2.52. The number of hydrogen-bond acceptors (Lipinski definition) is 4. The van der Waals surface area contributed by atoms with Gasteiger partial charge >= 0.3 is 0 Å². The van der Waals surface area contributed by atoms with Gasteiger partial charge in [0.25, 0.3) is 5.91 Å². The third-order valence-electron chi connectivity index (χ3n) is 6.20. The van der Waals surface area contributed by atoms with E-state index >= 15 is 0 Å². The first kappa shape index (κ1) is 15.2. The van der Waals surface area contributed by atoms with Gasteiger partial charge in [-0.25, -0.2) is 0 Å². The van der Waals surface area contributed by atoms with Gasteiger partial charge in [-0.2, -0.15) is 0 Å². The molecule has 1 aromatic carbocycles. The monoisotopic (exact) mass is 341 g/mol. The predicted octanol–water partition coefficient (Wildman–Crippen LogP) is 1.65. The molecular weight excluding hydrogens is 318 g/mol. The fourth-order valence-corrected chi connectivity index (χ4v) is 5.49. The lowest BCUT2D eigenvalue weighted by Gasteiger charge is -2.56. The van der Waals surface area contributed by atoms with Crippen LogP contribution in [0.5, 0.6) is 0 Å². The van der Waals surface area contributed by atoms with Crippen LogP contribution in [-0.2, 0) is 16.1 Å². The molecule has 132 valence electrons. The quantitative estimate of drug-likeness (QED) is 0.819. The zero-order valence-electron chi connectivity index (χ0n) is 14.2. The summed E-state index contributed by atoms with van der Waals surface area (Å²) in [6, 6.07) is 5.28. The van der Waals surface area contributed by atoms with E-state index in [4.69, 9.17) is 10.5 Å². The molecule has 3 N–H and O–H groups in total. The molecule has 6 rings (SSSR count). The molecule has 25 heavy (non-hydrogen) atoms. The van der Waals surface area contributed by atoms with Crippen LogP contribution in [0.25, 0.3) is 0 Å². The van der Waals surface area contributed by atoms with E-state index in [1.807, 2.05) is 6.07 Å². The zero-order valence-corrected chi connectivity index (χ0v) is 14.2. The lowest BCUT2D eigenvalue weighted by atomic mass is 9.65. The van der Waals surface area contributed by atoms with Crippen LogP contribution >= 0.6 is 0 Å². The van der Waals surface area contributed by atoms with Crippen molar-refractivity contribution in [3.8, 4) is 0 Å². The highest BCUT2D eigenvalue weighted by Crippen LogP contribution is 2.51. The van der Waals surface area contributed by atoms with Crippen molar-refractivity contribution < 1.29 is 14.3 Å². The van der Waals surface area contributed by atoms with Crippen LogP contribution in [0.3, 0.4) is 0 Å². The van der Waals surface area contributed by atoms with E-state index in [0.717, 1.165) is 31.2 Å². The van der Waals surface area contributed by atoms with Gasteiger partial charge in [0.2, 0.25) is 5.91 Å². The number of benzene rings is 1. The summed E-state index contributed by atoms with van der Waals surface area (Å²) in [6.45, 7) is 0.507. The molecule has 2 amide bonds. The number of rotatable bonds is 3. The Labute approximate surface area is 146 Å². The van der Waals surface area contributed by atoms with Gasteiger partial charge in [-0.15, -0.1) is 0 Å². The average Bonchev–Trinajstić information content (AvgIpc) is 2.80. The topological polar surface area (TPSA) is 84.7 Å². The molecule has 2 saturated carbocycles. The van der Waals surface area contributed by atoms with Gasteiger partial charge in [0.1, 0.15) is 12.3 Å². The van der Waals surface area contributed by atoms with Crippen LogP contribution in [0, 0.1) is 11.8 Å². The maximum Gasteiger partial charge on any atom is 0.254 e. The van der Waals surface area contributed by atoms with Crippen LogP contribution in [0.4, 0.5) is 5.69 Å². The molecule has 1 aromatic rings. The van der Waals surface area contributed by atoms with Gasteiger partial charge in [-0.3, -0.25) is 9.59 Å². The summed E-state index contributed by atoms with van der Waals surface area (Å²) in [5.74, 6) is 1.12. The van der Waals surface area contributed by atoms with Crippen molar-refractivity contribution in [1.29, 1.82) is 0 Å². The maximum absolute atomic E-state index is 12.6. The molecule has 0 aromatic heterocycles. The van der Waals surface area contributed by atoms with Crippen molar-refractivity contribution >= 4 is 17.5 Å². The molecule has 2 atom stereocenters. The second-order valence-corrected chi connectivity index (χ2v) is 8.21. The Bertz CT molecular complexity index is 725. The van der Waals surface area contributed by atoms with Gasteiger partial charge in [0.05, 0.1) is 6.10 Å². The molecule has 4 bridgehead atoms. The Morgan fingerprint density at radius 3 is 2.76 bits per heavy atom. The Kier molecular flexibility index (Phi) is 3.17. The van der Waals surface area contributed by atoms with Crippen molar-refractivity contribution in [3.05, 3.63) is 29.3 Å². The highest BCUT2D eigenvalue weighted by molar-refractivity contribution is 6.00. The minimum Gasteiger partial charge on any atom is -0.399 e. The second-order valence-electron chi connectivity index (χ2n) is 8.21. The summed E-state index contributed by atoms with van der Waals surface area (Å²) in [5.41, 5.74) is 7.48. The summed E-state index contributed by atoms with van der Waals surface area (Å²) in [7, 11) is 0. The number of ether oxygens (including phenoxy) is 1. The number of anilines is 1. The smallest absolute Gasteiger partial charge is 0.254 e. The molecule has 2 saturated heterocycles. The first-order chi connectivity index (χ1) is 12.0. The summed E-state index contributed by atoms with van der Waals surface area (Å²) in [6.07, 6.45) is 5.67. The molecule has 6 heteroatoms. The van der Waals surface area contributed by atoms with Gasteiger partial charge in [0.15, 0.2) is 0 Å². The molecular formula is C19H23N3O3. The maximum atomic E-state index is 12.6. The standard InChI is InChI=1S/C19H23N3O3/c20-14-1-2-16-13(6-14)9-22(18(16)24)10-17(23)21-19-7-11-3-12(8-19)5-15(4-11)25-19/h1-2,6,11-12,15H,3-5,7-10,20H2,(H,21,23). The van der Waals surface area contributed by atoms with Gasteiger partial charge in [-0.1, -0.05) is 0 Å². The average molecular weight is 341 g/mol. The van der Waals surface area contributed by atoms with E-state index in [9.17, 15) is 9.59 Å². The highest BCUT2D eigenvalue weighted by atomic mass is 16.5. The van der Waals surface area contributed by atoms with E-state index in [-0.39, 0.29) is 18.4 Å². The van der Waals surface area contributed by atoms with Crippen molar-refractivity contribution in [2.45, 2.75) is 50.5 Å². The number of nitrogens with one attached hydrogen (secondary N) is 1. The van der Waals surface area contributed by atoms with Crippen LogP contribution in [0.2, 0.25) is 0 Å². The molecule has 4 fully saturated rings. The minimum atomic E-state index is -0.494. The lowest BCUT2D eigenvalue weighted by Crippen LogP contribution is -2.63. The fraction of sp³-hybridized carbons (Fsp3) is 0.579. The molecule has 0 radical (unpaired) electrons. The number of carbonyl (C=O) groups excluding carboxylic acids is 2. The third-order valence-corrected chi connectivity index (χ3v) is 6.20. The molecule has 5 aliphatic rings. The molecule has 6 nitrogen and oxygen atoms in total. The molecule has 2 aliphatic carbocycles. The van der Waals surface area contributed by atoms with E-state index < -0.39 is 5.72 Å². The molecule has 2 unspecified atom stereocenters. The second kappa shape index (κ2) is 5.21. The normalized spacial score (nSPS) is 35.1. The predicted molar refractivity (Wildman–Crippen MR) is 91.4 cm³/mol. The van der Waals surface area contributed by atoms with Gasteiger partial charge < -0.3 is 20.7 Å². The third kappa shape index (κ3) is 2.51. The van der Waals surface area contributed by atoms with Crippen LogP contribution in [0.1, 0.15) is 48.0 Å². The fourth-order valence-electron chi connectivity index (χ4n) is 5.49. The number of nitrogen functional groups attached to an aromatic ring is 1. The summed E-state index contributed by atoms with van der Waals surface area (Å²) >= 11 is 0. The summed E-state index contributed by atoms with van der Waals surface area (Å²) in [5, 5.41) is 3.13. The van der Waals surface area contributed by atoms with Crippen molar-refractivity contribution in [3.63, 3.8) is 0 Å². The zero-order chi connectivity index (χ0) is 17.2. The van der Waals surface area contributed by atoms with E-state index in [2.05, 4.69) is 5.32 Å². The van der Waals surface area contributed by atoms with Crippen LogP contribution in [-0.4, -0.2) is 35.1 Å². The Morgan fingerprint density at radius 2 is 2.04 bits per heavy atom. The SMILES string of the molecule is Nc1ccc2c(c1)CN(CC(=O)NC13CC4CC(CC(C4)O1)C3)C2=O. The van der Waals surface area contributed by atoms with Crippen molar-refractivity contribution in [2.24, 2.45) is 11.8 Å². The molecule has 3 aliphatic heterocycles. The molecule has 0 spiro atoms. The Morgan fingerprint density at radius 1 is 1.28 bits per heavy atom. The number of fused-ring (bicyclic) bond motifs is 1. The number of nitrogens with two attached hydrogens (primary N) is 1. The van der Waals surface area contributed by atoms with E-state index in [1.54, 1.807) is 17.0 Å². The Balaban J connectivity index is 1.27. The largest absolute Gasteiger partial charge is 0.399 e. The van der Waals surface area contributed by atoms with Crippen molar-refractivity contribution in [2.75, 3.05) is 12.3 Å². The van der Waals surface area contributed by atoms with Crippen LogP contribution < -0.4 is 11.1 Å². The Hall–Kier alpha value is -2.08. The number of carbonyl (C=O) groups is 2. The molecule has 3 heterocycles. The first-order valence-electron chi connectivity index (χ1n) is 9.16. The van der Waals surface area contributed by atoms with Crippen molar-refractivity contribution in [1.82, 2.24) is 10.2 Å². The lowest BCUT2D eigenvalue weighted by molar-refractivity contribution is -0.233. The van der Waals surface area contributed by atoms with Gasteiger partial charge in [-0.05, 0) is 67.7 Å². The summed E-state index contributed by atoms with van der Waals surface area (Å²) in [4.78, 5) is 26.7. The first-order valence-corrected chi connectivity index (χ1v) is 9.16.